The summed E-state index contributed by atoms with van der Waals surface area (Å²) in [6, 6.07) is 10.3. The number of hydrogen-bond donors (Lipinski definition) is 0. The number of aryl methyl sites for hydroxylation is 1. The van der Waals surface area contributed by atoms with Crippen LogP contribution < -0.4 is 28.4 Å². The Morgan fingerprint density at radius 2 is 1.33 bits per heavy atom. The van der Waals surface area contributed by atoms with Gasteiger partial charge in [-0.15, -0.1) is 0 Å². The number of benzene rings is 3. The number of carbonyl (C=O) groups is 6. The van der Waals surface area contributed by atoms with Crippen LogP contribution in [0.25, 0.3) is 22.3 Å². The van der Waals surface area contributed by atoms with Gasteiger partial charge in [-0.05, 0) is 37.3 Å². The van der Waals surface area contributed by atoms with Gasteiger partial charge in [0, 0.05) is 68.8 Å². The number of esters is 5. The first-order valence-electron chi connectivity index (χ1n) is 14.7. The van der Waals surface area contributed by atoms with Gasteiger partial charge in [0.1, 0.15) is 28.6 Å². The molecule has 254 valence electrons. The molecule has 1 aliphatic heterocycles. The first kappa shape index (κ1) is 34.2. The predicted molar refractivity (Wildman–Crippen MR) is 168 cm³/mol. The quantitative estimate of drug-likeness (QED) is 0.172. The SMILES string of the molecule is COc1cc(-c2oc3c(OC(C)=O)cc([C@H]4Oc5cc(OC(C)=O)cc(OC(C)=O)c5C(=O)[C@@H]4OC(C)=O)cc3c2C)ccc1OC(C)=O. The number of hydrogen-bond acceptors (Lipinski definition) is 14. The number of rotatable bonds is 8. The van der Waals surface area contributed by atoms with E-state index >= 15 is 0 Å². The number of methoxy groups -OCH3 is 1. The summed E-state index contributed by atoms with van der Waals surface area (Å²) < 4.78 is 44.5. The molecule has 0 N–H and O–H groups in total. The van der Waals surface area contributed by atoms with E-state index in [-0.39, 0.29) is 51.2 Å². The van der Waals surface area contributed by atoms with Crippen molar-refractivity contribution in [3.63, 3.8) is 0 Å². The molecule has 0 saturated carbocycles. The van der Waals surface area contributed by atoms with E-state index in [9.17, 15) is 28.8 Å². The van der Waals surface area contributed by atoms with Crippen molar-refractivity contribution in [1.82, 2.24) is 0 Å². The van der Waals surface area contributed by atoms with Crippen LogP contribution in [0.4, 0.5) is 0 Å². The van der Waals surface area contributed by atoms with E-state index in [2.05, 4.69) is 0 Å². The Balaban J connectivity index is 1.70. The number of carbonyl (C=O) groups excluding carboxylic acids is 6. The van der Waals surface area contributed by atoms with Crippen LogP contribution in [-0.2, 0) is 28.7 Å². The fraction of sp³-hybridized carbons (Fsp3) is 0.257. The maximum atomic E-state index is 14.0. The number of ether oxygens (including phenoxy) is 7. The maximum Gasteiger partial charge on any atom is 0.308 e. The average molecular weight is 675 g/mol. The Morgan fingerprint density at radius 3 is 1.94 bits per heavy atom. The van der Waals surface area contributed by atoms with Gasteiger partial charge in [0.2, 0.25) is 11.9 Å². The minimum Gasteiger partial charge on any atom is -0.493 e. The largest absolute Gasteiger partial charge is 0.493 e. The molecule has 0 fully saturated rings. The smallest absolute Gasteiger partial charge is 0.308 e. The van der Waals surface area contributed by atoms with Crippen LogP contribution in [0.15, 0.2) is 46.9 Å². The minimum absolute atomic E-state index is 0.0319. The molecule has 4 aromatic rings. The summed E-state index contributed by atoms with van der Waals surface area (Å²) in [5.74, 6) is -3.98. The van der Waals surface area contributed by atoms with Crippen molar-refractivity contribution < 1.29 is 66.3 Å². The van der Waals surface area contributed by atoms with Crippen LogP contribution in [0.3, 0.4) is 0 Å². The molecule has 49 heavy (non-hydrogen) atoms. The molecule has 2 atom stereocenters. The summed E-state index contributed by atoms with van der Waals surface area (Å²) in [5, 5.41) is 0.449. The van der Waals surface area contributed by atoms with Gasteiger partial charge in [-0.25, -0.2) is 0 Å². The monoisotopic (exact) mass is 674 g/mol. The molecule has 14 nitrogen and oxygen atoms in total. The summed E-state index contributed by atoms with van der Waals surface area (Å²) in [4.78, 5) is 73.7. The van der Waals surface area contributed by atoms with Gasteiger partial charge in [-0.2, -0.15) is 0 Å². The Hall–Kier alpha value is -6.18. The van der Waals surface area contributed by atoms with Crippen LogP contribution in [0, 0.1) is 6.92 Å². The van der Waals surface area contributed by atoms with Crippen molar-refractivity contribution >= 4 is 46.6 Å². The van der Waals surface area contributed by atoms with Gasteiger partial charge >= 0.3 is 29.8 Å². The summed E-state index contributed by atoms with van der Waals surface area (Å²) >= 11 is 0. The van der Waals surface area contributed by atoms with E-state index in [1.54, 1.807) is 25.1 Å². The Bertz CT molecular complexity index is 2050. The predicted octanol–water partition coefficient (Wildman–Crippen LogP) is 5.37. The maximum absolute atomic E-state index is 14.0. The summed E-state index contributed by atoms with van der Waals surface area (Å²) in [6.45, 7) is 7.59. The highest BCUT2D eigenvalue weighted by Crippen LogP contribution is 2.47. The Morgan fingerprint density at radius 1 is 0.694 bits per heavy atom. The molecule has 14 heteroatoms. The summed E-state index contributed by atoms with van der Waals surface area (Å²) in [6.07, 6.45) is -2.92. The van der Waals surface area contributed by atoms with Gasteiger partial charge in [0.25, 0.3) is 0 Å². The van der Waals surface area contributed by atoms with Crippen LogP contribution in [0.5, 0.6) is 34.5 Å². The van der Waals surface area contributed by atoms with E-state index in [1.807, 2.05) is 0 Å². The van der Waals surface area contributed by atoms with Crippen LogP contribution in [0.1, 0.15) is 62.2 Å². The first-order valence-corrected chi connectivity index (χ1v) is 14.7. The van der Waals surface area contributed by atoms with Gasteiger partial charge in [-0.1, -0.05) is 0 Å². The number of fused-ring (bicyclic) bond motifs is 2. The highest BCUT2D eigenvalue weighted by molar-refractivity contribution is 6.07. The molecule has 0 bridgehead atoms. The second-order valence-electron chi connectivity index (χ2n) is 10.9. The fourth-order valence-electron chi connectivity index (χ4n) is 5.40. The average Bonchev–Trinajstić information content (AvgIpc) is 3.33. The number of ketones is 1. The van der Waals surface area contributed by atoms with Crippen molar-refractivity contribution in [3.05, 3.63) is 59.2 Å². The molecule has 0 spiro atoms. The highest BCUT2D eigenvalue weighted by atomic mass is 16.6. The zero-order chi connectivity index (χ0) is 35.7. The molecular formula is C35H30O14. The van der Waals surface area contributed by atoms with Gasteiger partial charge < -0.3 is 37.6 Å². The van der Waals surface area contributed by atoms with Crippen molar-refractivity contribution in [3.8, 4) is 45.8 Å². The van der Waals surface area contributed by atoms with Crippen molar-refractivity contribution in [2.24, 2.45) is 0 Å². The lowest BCUT2D eigenvalue weighted by Gasteiger charge is -2.33. The van der Waals surface area contributed by atoms with Crippen molar-refractivity contribution in [1.29, 1.82) is 0 Å². The molecule has 0 radical (unpaired) electrons. The zero-order valence-corrected chi connectivity index (χ0v) is 27.4. The molecule has 1 aromatic heterocycles. The molecule has 1 aliphatic rings. The lowest BCUT2D eigenvalue weighted by atomic mass is 9.91. The number of Topliss-reactive ketones (excluding diaryl/α,β-unsaturated/α-hetero) is 1. The Kier molecular flexibility index (Phi) is 9.42. The molecule has 0 saturated heterocycles. The third-order valence-corrected chi connectivity index (χ3v) is 7.17. The third-order valence-electron chi connectivity index (χ3n) is 7.17. The molecule has 0 aliphatic carbocycles. The van der Waals surface area contributed by atoms with E-state index in [4.69, 9.17) is 37.6 Å². The standard InChI is InChI=1S/C35H30O14/c1-15-24-10-22(12-29(46-19(5)39)34(24)49-32(15)21-8-9-25(44-17(3)37)26(11-21)42-7)33-35(47-20(6)40)31(41)30-27(45-18(4)38)13-23(43-16(2)36)14-28(30)48-33/h8-14,33,35H,1-7H3/t33-,35+/m1/s1. The molecule has 5 rings (SSSR count). The zero-order valence-electron chi connectivity index (χ0n) is 27.4. The minimum atomic E-state index is -1.59. The second kappa shape index (κ2) is 13.5. The van der Waals surface area contributed by atoms with Gasteiger partial charge in [0.15, 0.2) is 28.9 Å². The molecule has 0 unspecified atom stereocenters. The topological polar surface area (TPSA) is 180 Å². The molecule has 3 aromatic carbocycles. The van der Waals surface area contributed by atoms with Gasteiger partial charge in [0.05, 0.1) is 7.11 Å². The normalized spacial score (nSPS) is 15.0. The van der Waals surface area contributed by atoms with E-state index < -0.39 is 47.8 Å². The van der Waals surface area contributed by atoms with E-state index in [0.29, 0.717) is 22.3 Å². The van der Waals surface area contributed by atoms with E-state index in [0.717, 1.165) is 20.8 Å². The highest BCUT2D eigenvalue weighted by Gasteiger charge is 2.44. The van der Waals surface area contributed by atoms with Crippen molar-refractivity contribution in [2.75, 3.05) is 7.11 Å². The second-order valence-corrected chi connectivity index (χ2v) is 10.9. The van der Waals surface area contributed by atoms with Crippen molar-refractivity contribution in [2.45, 2.75) is 53.8 Å². The number of furan rings is 1. The molecular weight excluding hydrogens is 644 g/mol. The van der Waals surface area contributed by atoms with Crippen LogP contribution in [-0.4, -0.2) is 48.8 Å². The summed E-state index contributed by atoms with van der Waals surface area (Å²) in [7, 11) is 1.41. The van der Waals surface area contributed by atoms with Crippen LogP contribution in [0.2, 0.25) is 0 Å². The fourth-order valence-corrected chi connectivity index (χ4v) is 5.40. The lowest BCUT2D eigenvalue weighted by molar-refractivity contribution is -0.149. The van der Waals surface area contributed by atoms with E-state index in [1.165, 1.54) is 45.2 Å². The van der Waals surface area contributed by atoms with Crippen LogP contribution >= 0.6 is 0 Å². The Labute approximate surface area is 278 Å². The van der Waals surface area contributed by atoms with Gasteiger partial charge in [-0.3, -0.25) is 28.8 Å². The third kappa shape index (κ3) is 7.07. The lowest BCUT2D eigenvalue weighted by Crippen LogP contribution is -2.40. The molecule has 0 amide bonds. The summed E-state index contributed by atoms with van der Waals surface area (Å²) in [5.41, 5.74) is 1.30. The molecule has 2 heterocycles. The first-order chi connectivity index (χ1) is 23.2.